The maximum atomic E-state index is 12.6. The van der Waals surface area contributed by atoms with Crippen LogP contribution in [0.5, 0.6) is 11.5 Å². The molecule has 1 amide bonds. The Kier molecular flexibility index (Phi) is 4.59. The van der Waals surface area contributed by atoms with Crippen LogP contribution in [0, 0.1) is 0 Å². The minimum Gasteiger partial charge on any atom is -0.507 e. The van der Waals surface area contributed by atoms with Gasteiger partial charge in [0.15, 0.2) is 0 Å². The third-order valence-corrected chi connectivity index (χ3v) is 5.06. The summed E-state index contributed by atoms with van der Waals surface area (Å²) >= 11 is 0. The lowest BCUT2D eigenvalue weighted by Gasteiger charge is -2.28. The predicted molar refractivity (Wildman–Crippen MR) is 108 cm³/mol. The molecule has 0 aromatic heterocycles. The zero-order valence-electron chi connectivity index (χ0n) is 15.0. The molecule has 0 saturated carbocycles. The molecule has 0 bridgehead atoms. The van der Waals surface area contributed by atoms with E-state index in [1.165, 1.54) is 25.3 Å². The van der Waals surface area contributed by atoms with Crippen molar-refractivity contribution in [2.45, 2.75) is 19.3 Å². The van der Waals surface area contributed by atoms with Gasteiger partial charge in [0.25, 0.3) is 5.91 Å². The average Bonchev–Trinajstić information content (AvgIpc) is 2.69. The second-order valence-corrected chi connectivity index (χ2v) is 6.92. The Bertz CT molecular complexity index is 977. The molecular weight excluding hydrogens is 340 g/mol. The molecule has 0 aliphatic carbocycles. The largest absolute Gasteiger partial charge is 0.507 e. The first-order chi connectivity index (χ1) is 13.1. The Hall–Kier alpha value is -3.21. The number of phenols is 2. The average molecular weight is 362 g/mol. The lowest BCUT2D eigenvalue weighted by molar-refractivity contribution is 0.102. The molecule has 3 aromatic carbocycles. The molecule has 5 nitrogen and oxygen atoms in total. The molecule has 0 unspecified atom stereocenters. The Morgan fingerprint density at radius 2 is 1.63 bits per heavy atom. The molecule has 1 saturated heterocycles. The Labute approximate surface area is 157 Å². The lowest BCUT2D eigenvalue weighted by Crippen LogP contribution is -2.29. The van der Waals surface area contributed by atoms with Crippen LogP contribution in [0.3, 0.4) is 0 Å². The highest BCUT2D eigenvalue weighted by molar-refractivity contribution is 6.09. The van der Waals surface area contributed by atoms with Crippen LogP contribution in [-0.4, -0.2) is 29.2 Å². The molecule has 4 rings (SSSR count). The van der Waals surface area contributed by atoms with Crippen molar-refractivity contribution in [1.29, 1.82) is 0 Å². The van der Waals surface area contributed by atoms with Crippen LogP contribution in [0.1, 0.15) is 29.6 Å². The molecule has 1 fully saturated rings. The summed E-state index contributed by atoms with van der Waals surface area (Å²) in [4.78, 5) is 15.0. The smallest absolute Gasteiger partial charge is 0.259 e. The molecule has 0 atom stereocenters. The van der Waals surface area contributed by atoms with E-state index in [1.807, 2.05) is 24.3 Å². The van der Waals surface area contributed by atoms with Crippen LogP contribution >= 0.6 is 0 Å². The second kappa shape index (κ2) is 7.19. The van der Waals surface area contributed by atoms with Crippen molar-refractivity contribution in [3.8, 4) is 11.5 Å². The Morgan fingerprint density at radius 1 is 0.889 bits per heavy atom. The number of rotatable bonds is 3. The first kappa shape index (κ1) is 17.2. The van der Waals surface area contributed by atoms with E-state index in [9.17, 15) is 15.0 Å². The summed E-state index contributed by atoms with van der Waals surface area (Å²) in [7, 11) is 0. The van der Waals surface area contributed by atoms with E-state index >= 15 is 0 Å². The number of phenolic OH excluding ortho intramolecular Hbond substituents is 2. The van der Waals surface area contributed by atoms with Crippen molar-refractivity contribution in [1.82, 2.24) is 0 Å². The lowest BCUT2D eigenvalue weighted by atomic mass is 10.0. The SMILES string of the molecule is O=C(Nc1ccc(N2CCCCC2)cc1)c1cc2cccc(O)c2cc1O. The monoisotopic (exact) mass is 362 g/mol. The molecule has 1 heterocycles. The normalized spacial score (nSPS) is 14.3. The van der Waals surface area contributed by atoms with Gasteiger partial charge in [0.2, 0.25) is 0 Å². The summed E-state index contributed by atoms with van der Waals surface area (Å²) < 4.78 is 0. The maximum absolute atomic E-state index is 12.6. The number of piperidine rings is 1. The van der Waals surface area contributed by atoms with Gasteiger partial charge in [-0.3, -0.25) is 4.79 Å². The van der Waals surface area contributed by atoms with Gasteiger partial charge < -0.3 is 20.4 Å². The van der Waals surface area contributed by atoms with Crippen LogP contribution in [0.25, 0.3) is 10.8 Å². The number of anilines is 2. The van der Waals surface area contributed by atoms with E-state index in [2.05, 4.69) is 10.2 Å². The van der Waals surface area contributed by atoms with Gasteiger partial charge in [-0.1, -0.05) is 12.1 Å². The first-order valence-corrected chi connectivity index (χ1v) is 9.23. The Balaban J connectivity index is 1.53. The molecule has 0 spiro atoms. The molecule has 27 heavy (non-hydrogen) atoms. The van der Waals surface area contributed by atoms with Gasteiger partial charge in [-0.25, -0.2) is 0 Å². The number of carbonyl (C=O) groups is 1. The highest BCUT2D eigenvalue weighted by Crippen LogP contribution is 2.31. The number of hydrogen-bond donors (Lipinski definition) is 3. The summed E-state index contributed by atoms with van der Waals surface area (Å²) in [6, 6.07) is 15.8. The van der Waals surface area contributed by atoms with Crippen LogP contribution in [0.4, 0.5) is 11.4 Å². The van der Waals surface area contributed by atoms with Crippen LogP contribution < -0.4 is 10.2 Å². The summed E-state index contributed by atoms with van der Waals surface area (Å²) in [6.07, 6.45) is 3.72. The highest BCUT2D eigenvalue weighted by atomic mass is 16.3. The Morgan fingerprint density at radius 3 is 2.37 bits per heavy atom. The summed E-state index contributed by atoms with van der Waals surface area (Å²) in [6.45, 7) is 2.15. The number of hydrogen-bond acceptors (Lipinski definition) is 4. The van der Waals surface area contributed by atoms with Gasteiger partial charge in [-0.2, -0.15) is 0 Å². The van der Waals surface area contributed by atoms with Gasteiger partial charge >= 0.3 is 0 Å². The number of nitrogens with zero attached hydrogens (tertiary/aromatic N) is 1. The predicted octanol–water partition coefficient (Wildman–Crippen LogP) is 4.49. The minimum atomic E-state index is -0.386. The quantitative estimate of drug-likeness (QED) is 0.642. The van der Waals surface area contributed by atoms with E-state index in [4.69, 9.17) is 0 Å². The van der Waals surface area contributed by atoms with Gasteiger partial charge in [0, 0.05) is 29.9 Å². The number of amides is 1. The standard InChI is InChI=1S/C22H22N2O3/c25-20-6-4-5-15-13-19(21(26)14-18(15)20)22(27)23-16-7-9-17(10-8-16)24-11-2-1-3-12-24/h4-10,13-14,25-26H,1-3,11-12H2,(H,23,27). The molecule has 1 aliphatic rings. The van der Waals surface area contributed by atoms with Crippen molar-refractivity contribution in [3.63, 3.8) is 0 Å². The summed E-state index contributed by atoms with van der Waals surface area (Å²) in [5, 5.41) is 24.1. The van der Waals surface area contributed by atoms with E-state index in [0.717, 1.165) is 18.8 Å². The van der Waals surface area contributed by atoms with Crippen molar-refractivity contribution < 1.29 is 15.0 Å². The van der Waals surface area contributed by atoms with Crippen molar-refractivity contribution >= 4 is 28.1 Å². The third kappa shape index (κ3) is 3.53. The van der Waals surface area contributed by atoms with E-state index < -0.39 is 0 Å². The number of aromatic hydroxyl groups is 2. The van der Waals surface area contributed by atoms with Crippen LogP contribution in [0.15, 0.2) is 54.6 Å². The fourth-order valence-electron chi connectivity index (χ4n) is 3.59. The zero-order valence-corrected chi connectivity index (χ0v) is 15.0. The fraction of sp³-hybridized carbons (Fsp3) is 0.227. The molecule has 3 N–H and O–H groups in total. The van der Waals surface area contributed by atoms with E-state index in [1.54, 1.807) is 24.3 Å². The topological polar surface area (TPSA) is 72.8 Å². The maximum Gasteiger partial charge on any atom is 0.259 e. The molecular formula is C22H22N2O3. The number of nitrogens with one attached hydrogen (secondary N) is 1. The van der Waals surface area contributed by atoms with E-state index in [0.29, 0.717) is 16.5 Å². The van der Waals surface area contributed by atoms with E-state index in [-0.39, 0.29) is 23.0 Å². The minimum absolute atomic E-state index is 0.0723. The molecule has 5 heteroatoms. The van der Waals surface area contributed by atoms with Gasteiger partial charge in [-0.15, -0.1) is 0 Å². The second-order valence-electron chi connectivity index (χ2n) is 6.92. The summed E-state index contributed by atoms with van der Waals surface area (Å²) in [5.74, 6) is -0.474. The van der Waals surface area contributed by atoms with Crippen LogP contribution in [-0.2, 0) is 0 Å². The number of carbonyl (C=O) groups excluding carboxylic acids is 1. The molecule has 1 aliphatic heterocycles. The number of benzene rings is 3. The number of fused-ring (bicyclic) bond motifs is 1. The molecule has 0 radical (unpaired) electrons. The third-order valence-electron chi connectivity index (χ3n) is 5.06. The van der Waals surface area contributed by atoms with Crippen molar-refractivity contribution in [3.05, 3.63) is 60.2 Å². The van der Waals surface area contributed by atoms with Gasteiger partial charge in [0.05, 0.1) is 5.56 Å². The van der Waals surface area contributed by atoms with Crippen molar-refractivity contribution in [2.24, 2.45) is 0 Å². The van der Waals surface area contributed by atoms with Gasteiger partial charge in [-0.05, 0) is 67.1 Å². The molecule has 3 aromatic rings. The van der Waals surface area contributed by atoms with Gasteiger partial charge in [0.1, 0.15) is 11.5 Å². The molecule has 138 valence electrons. The van der Waals surface area contributed by atoms with Crippen molar-refractivity contribution in [2.75, 3.05) is 23.3 Å². The first-order valence-electron chi connectivity index (χ1n) is 9.23. The fourth-order valence-corrected chi connectivity index (χ4v) is 3.59. The zero-order chi connectivity index (χ0) is 18.8. The summed E-state index contributed by atoms with van der Waals surface area (Å²) in [5.41, 5.74) is 2.01. The van der Waals surface area contributed by atoms with Crippen LogP contribution in [0.2, 0.25) is 0 Å². The highest BCUT2D eigenvalue weighted by Gasteiger charge is 2.15.